The van der Waals surface area contributed by atoms with Crippen molar-refractivity contribution in [3.63, 3.8) is 0 Å². The Bertz CT molecular complexity index is 223. The summed E-state index contributed by atoms with van der Waals surface area (Å²) in [6, 6.07) is 0. The molecule has 0 heterocycles. The predicted octanol–water partition coefficient (Wildman–Crippen LogP) is 1.96. The van der Waals surface area contributed by atoms with Gasteiger partial charge in [0.2, 0.25) is 5.91 Å². The van der Waals surface area contributed by atoms with Crippen molar-refractivity contribution in [2.24, 2.45) is 5.73 Å². The molecule has 0 radical (unpaired) electrons. The van der Waals surface area contributed by atoms with Gasteiger partial charge in [-0.2, -0.15) is 13.2 Å². The Kier molecular flexibility index (Phi) is 5.78. The average molecular weight is 240 g/mol. The van der Waals surface area contributed by atoms with Crippen molar-refractivity contribution in [1.29, 1.82) is 0 Å². The average Bonchev–Trinajstić information content (AvgIpc) is 2.13. The minimum Gasteiger partial charge on any atom is -0.368 e. The van der Waals surface area contributed by atoms with Gasteiger partial charge in [0, 0.05) is 0 Å². The van der Waals surface area contributed by atoms with Crippen molar-refractivity contribution < 1.29 is 18.0 Å². The lowest BCUT2D eigenvalue weighted by Crippen LogP contribution is -2.57. The SMILES string of the molecule is CCCC(CCC)(NCC(F)(F)F)C(N)=O. The van der Waals surface area contributed by atoms with Crippen LogP contribution in [0.3, 0.4) is 0 Å². The van der Waals surface area contributed by atoms with Crippen LogP contribution in [-0.4, -0.2) is 24.2 Å². The normalized spacial score (nSPS) is 12.8. The molecule has 0 aromatic heterocycles. The summed E-state index contributed by atoms with van der Waals surface area (Å²) in [7, 11) is 0. The van der Waals surface area contributed by atoms with Gasteiger partial charge in [0.1, 0.15) is 0 Å². The molecule has 0 bridgehead atoms. The summed E-state index contributed by atoms with van der Waals surface area (Å²) < 4.78 is 36.3. The Hall–Kier alpha value is -0.780. The Morgan fingerprint density at radius 3 is 1.88 bits per heavy atom. The number of hydrogen-bond donors (Lipinski definition) is 2. The van der Waals surface area contributed by atoms with Gasteiger partial charge in [0.25, 0.3) is 0 Å². The number of amides is 1. The monoisotopic (exact) mass is 240 g/mol. The fraction of sp³-hybridized carbons (Fsp3) is 0.900. The van der Waals surface area contributed by atoms with Crippen LogP contribution in [0.2, 0.25) is 0 Å². The number of hydrogen-bond acceptors (Lipinski definition) is 2. The third-order valence-electron chi connectivity index (χ3n) is 2.45. The van der Waals surface area contributed by atoms with Gasteiger partial charge in [-0.15, -0.1) is 0 Å². The van der Waals surface area contributed by atoms with Crippen LogP contribution in [0.1, 0.15) is 39.5 Å². The van der Waals surface area contributed by atoms with Gasteiger partial charge in [-0.05, 0) is 12.8 Å². The first kappa shape index (κ1) is 15.2. The molecule has 3 N–H and O–H groups in total. The highest BCUT2D eigenvalue weighted by molar-refractivity contribution is 5.84. The molecule has 0 spiro atoms. The zero-order valence-electron chi connectivity index (χ0n) is 9.66. The standard InChI is InChI=1S/C10H19F3N2O/c1-3-5-9(6-4-2,8(14)16)15-7-10(11,12)13/h15H,3-7H2,1-2H3,(H2,14,16). The van der Waals surface area contributed by atoms with Gasteiger partial charge in [-0.3, -0.25) is 10.1 Å². The summed E-state index contributed by atoms with van der Waals surface area (Å²) in [4.78, 5) is 11.3. The zero-order valence-corrected chi connectivity index (χ0v) is 9.66. The summed E-state index contributed by atoms with van der Waals surface area (Å²) >= 11 is 0. The van der Waals surface area contributed by atoms with Gasteiger partial charge in [-0.25, -0.2) is 0 Å². The Balaban J connectivity index is 4.68. The lowest BCUT2D eigenvalue weighted by atomic mass is 9.88. The molecular formula is C10H19F3N2O. The van der Waals surface area contributed by atoms with Crippen LogP contribution in [0.5, 0.6) is 0 Å². The van der Waals surface area contributed by atoms with Crippen molar-refractivity contribution in [3.05, 3.63) is 0 Å². The number of rotatable bonds is 7. The maximum absolute atomic E-state index is 12.1. The molecule has 0 aliphatic rings. The van der Waals surface area contributed by atoms with E-state index >= 15 is 0 Å². The van der Waals surface area contributed by atoms with E-state index < -0.39 is 24.2 Å². The molecule has 0 fully saturated rings. The highest BCUT2D eigenvalue weighted by atomic mass is 19.4. The van der Waals surface area contributed by atoms with Gasteiger partial charge >= 0.3 is 6.18 Å². The number of carbonyl (C=O) groups is 1. The van der Waals surface area contributed by atoms with Crippen molar-refractivity contribution in [3.8, 4) is 0 Å². The number of halogens is 3. The largest absolute Gasteiger partial charge is 0.401 e. The van der Waals surface area contributed by atoms with E-state index in [4.69, 9.17) is 5.73 Å². The third-order valence-corrected chi connectivity index (χ3v) is 2.45. The summed E-state index contributed by atoms with van der Waals surface area (Å²) in [6.45, 7) is 2.43. The highest BCUT2D eigenvalue weighted by Gasteiger charge is 2.38. The summed E-state index contributed by atoms with van der Waals surface area (Å²) in [6.07, 6.45) is -2.47. The van der Waals surface area contributed by atoms with Crippen molar-refractivity contribution >= 4 is 5.91 Å². The van der Waals surface area contributed by atoms with E-state index in [0.717, 1.165) is 0 Å². The Labute approximate surface area is 93.6 Å². The van der Waals surface area contributed by atoms with Crippen LogP contribution >= 0.6 is 0 Å². The summed E-state index contributed by atoms with van der Waals surface area (Å²) in [5, 5.41) is 2.27. The second-order valence-electron chi connectivity index (χ2n) is 3.92. The molecule has 0 unspecified atom stereocenters. The number of alkyl halides is 3. The molecule has 0 saturated heterocycles. The van der Waals surface area contributed by atoms with Crippen LogP contribution in [0.4, 0.5) is 13.2 Å². The van der Waals surface area contributed by atoms with E-state index in [2.05, 4.69) is 5.32 Å². The van der Waals surface area contributed by atoms with Gasteiger partial charge in [0.05, 0.1) is 12.1 Å². The van der Waals surface area contributed by atoms with Crippen LogP contribution in [0, 0.1) is 0 Å². The van der Waals surface area contributed by atoms with Gasteiger partial charge < -0.3 is 5.73 Å². The summed E-state index contributed by atoms with van der Waals surface area (Å²) in [5.41, 5.74) is 3.98. The number of nitrogens with one attached hydrogen (secondary N) is 1. The smallest absolute Gasteiger partial charge is 0.368 e. The molecule has 0 aliphatic heterocycles. The second kappa shape index (κ2) is 6.08. The fourth-order valence-corrected chi connectivity index (χ4v) is 1.76. The lowest BCUT2D eigenvalue weighted by molar-refractivity contribution is -0.137. The first-order chi connectivity index (χ1) is 7.27. The molecule has 6 heteroatoms. The van der Waals surface area contributed by atoms with Crippen LogP contribution in [0.25, 0.3) is 0 Å². The molecule has 0 aromatic rings. The van der Waals surface area contributed by atoms with E-state index in [-0.39, 0.29) is 0 Å². The van der Waals surface area contributed by atoms with Crippen molar-refractivity contribution in [2.75, 3.05) is 6.54 Å². The van der Waals surface area contributed by atoms with E-state index in [1.807, 2.05) is 13.8 Å². The zero-order chi connectivity index (χ0) is 12.8. The third kappa shape index (κ3) is 4.83. The molecule has 0 aromatic carbocycles. The molecule has 0 rings (SSSR count). The van der Waals surface area contributed by atoms with E-state index in [0.29, 0.717) is 25.7 Å². The topological polar surface area (TPSA) is 55.1 Å². The first-order valence-electron chi connectivity index (χ1n) is 5.39. The number of carbonyl (C=O) groups excluding carboxylic acids is 1. The quantitative estimate of drug-likeness (QED) is 0.714. The molecular weight excluding hydrogens is 221 g/mol. The van der Waals surface area contributed by atoms with Gasteiger partial charge in [-0.1, -0.05) is 26.7 Å². The van der Waals surface area contributed by atoms with E-state index in [1.54, 1.807) is 0 Å². The maximum atomic E-state index is 12.1. The van der Waals surface area contributed by atoms with Crippen LogP contribution in [-0.2, 0) is 4.79 Å². The van der Waals surface area contributed by atoms with Gasteiger partial charge in [0.15, 0.2) is 0 Å². The molecule has 16 heavy (non-hydrogen) atoms. The number of primary amides is 1. The molecule has 0 saturated carbocycles. The van der Waals surface area contributed by atoms with Crippen LogP contribution < -0.4 is 11.1 Å². The fourth-order valence-electron chi connectivity index (χ4n) is 1.76. The second-order valence-corrected chi connectivity index (χ2v) is 3.92. The molecule has 0 atom stereocenters. The van der Waals surface area contributed by atoms with E-state index in [9.17, 15) is 18.0 Å². The number of nitrogens with two attached hydrogens (primary N) is 1. The first-order valence-corrected chi connectivity index (χ1v) is 5.39. The van der Waals surface area contributed by atoms with Crippen LogP contribution in [0.15, 0.2) is 0 Å². The molecule has 3 nitrogen and oxygen atoms in total. The summed E-state index contributed by atoms with van der Waals surface area (Å²) in [5.74, 6) is -0.708. The predicted molar refractivity (Wildman–Crippen MR) is 55.8 cm³/mol. The van der Waals surface area contributed by atoms with Crippen molar-refractivity contribution in [2.45, 2.75) is 51.2 Å². The molecule has 0 aliphatic carbocycles. The lowest BCUT2D eigenvalue weighted by Gasteiger charge is -2.31. The minimum atomic E-state index is -4.33. The van der Waals surface area contributed by atoms with Crippen molar-refractivity contribution in [1.82, 2.24) is 5.32 Å². The highest BCUT2D eigenvalue weighted by Crippen LogP contribution is 2.22. The molecule has 96 valence electrons. The Morgan fingerprint density at radius 1 is 1.19 bits per heavy atom. The maximum Gasteiger partial charge on any atom is 0.401 e. The van der Waals surface area contributed by atoms with E-state index in [1.165, 1.54) is 0 Å². The Morgan fingerprint density at radius 2 is 1.62 bits per heavy atom. The minimum absolute atomic E-state index is 0.326. The molecule has 1 amide bonds.